The summed E-state index contributed by atoms with van der Waals surface area (Å²) in [5.41, 5.74) is 2.11. The fraction of sp³-hybridized carbons (Fsp3) is 0.185. The van der Waals surface area contributed by atoms with Gasteiger partial charge < -0.3 is 19.4 Å². The summed E-state index contributed by atoms with van der Waals surface area (Å²) < 4.78 is 27.4. The van der Waals surface area contributed by atoms with Crippen LogP contribution in [-0.2, 0) is 0 Å². The molecule has 0 unspecified atom stereocenters. The van der Waals surface area contributed by atoms with Crippen molar-refractivity contribution in [1.29, 1.82) is 0 Å². The third-order valence-electron chi connectivity index (χ3n) is 5.70. The number of nitrogens with one attached hydrogen (secondary N) is 1. The first-order valence-corrected chi connectivity index (χ1v) is 12.4. The van der Waals surface area contributed by atoms with E-state index >= 15 is 0 Å². The van der Waals surface area contributed by atoms with Gasteiger partial charge in [0, 0.05) is 16.4 Å². The van der Waals surface area contributed by atoms with Crippen LogP contribution in [-0.4, -0.2) is 16.2 Å². The van der Waals surface area contributed by atoms with Crippen molar-refractivity contribution in [3.8, 4) is 17.1 Å². The van der Waals surface area contributed by atoms with Gasteiger partial charge in [0.05, 0.1) is 23.4 Å². The van der Waals surface area contributed by atoms with Crippen LogP contribution >= 0.6 is 28.1 Å². The Kier molecular flexibility index (Phi) is 6.58. The number of benzene rings is 2. The molecule has 5 rings (SSSR count). The number of aromatic nitrogens is 1. The topological polar surface area (TPSA) is 50.5 Å². The summed E-state index contributed by atoms with van der Waals surface area (Å²) in [5.74, 6) is 1.51. The first-order chi connectivity index (χ1) is 16.9. The minimum absolute atomic E-state index is 0.0807. The van der Waals surface area contributed by atoms with Crippen molar-refractivity contribution in [2.45, 2.75) is 32.0 Å². The van der Waals surface area contributed by atoms with Crippen LogP contribution in [0.25, 0.3) is 11.3 Å². The van der Waals surface area contributed by atoms with Gasteiger partial charge >= 0.3 is 0 Å². The SMILES string of the molecule is CC(C)Oc1ccc(N2C(=S)N[C@H](c3ccccn3)[C@H]2c2ccc(-c3ccc(Br)cc3F)o2)cc1. The maximum atomic E-state index is 14.6. The van der Waals surface area contributed by atoms with Crippen LogP contribution in [0.5, 0.6) is 5.75 Å². The van der Waals surface area contributed by atoms with Crippen molar-refractivity contribution in [2.75, 3.05) is 4.90 Å². The van der Waals surface area contributed by atoms with E-state index < -0.39 is 0 Å². The zero-order valence-corrected chi connectivity index (χ0v) is 21.5. The molecular weight excluding hydrogens is 529 g/mol. The lowest BCUT2D eigenvalue weighted by Crippen LogP contribution is -2.29. The van der Waals surface area contributed by atoms with Crippen molar-refractivity contribution >= 4 is 38.9 Å². The van der Waals surface area contributed by atoms with Gasteiger partial charge in [-0.25, -0.2) is 4.39 Å². The Labute approximate surface area is 217 Å². The number of furan rings is 1. The average molecular weight is 552 g/mol. The minimum Gasteiger partial charge on any atom is -0.491 e. The predicted octanol–water partition coefficient (Wildman–Crippen LogP) is 7.21. The first kappa shape index (κ1) is 23.5. The fourth-order valence-electron chi connectivity index (χ4n) is 4.23. The number of ether oxygens (including phenoxy) is 1. The Bertz CT molecular complexity index is 1340. The molecule has 0 saturated carbocycles. The van der Waals surface area contributed by atoms with Gasteiger partial charge in [-0.2, -0.15) is 0 Å². The molecule has 1 N–H and O–H groups in total. The van der Waals surface area contributed by atoms with E-state index in [1.54, 1.807) is 24.4 Å². The van der Waals surface area contributed by atoms with E-state index in [2.05, 4.69) is 26.2 Å². The van der Waals surface area contributed by atoms with Gasteiger partial charge in [-0.3, -0.25) is 4.98 Å². The predicted molar refractivity (Wildman–Crippen MR) is 142 cm³/mol. The Morgan fingerprint density at radius 2 is 1.89 bits per heavy atom. The highest BCUT2D eigenvalue weighted by Gasteiger charge is 2.42. The highest BCUT2D eigenvalue weighted by molar-refractivity contribution is 9.10. The van der Waals surface area contributed by atoms with Crippen LogP contribution in [0.15, 0.2) is 87.9 Å². The van der Waals surface area contributed by atoms with Crippen LogP contribution in [0.3, 0.4) is 0 Å². The van der Waals surface area contributed by atoms with Crippen molar-refractivity contribution in [2.24, 2.45) is 0 Å². The van der Waals surface area contributed by atoms with Gasteiger partial charge in [0.1, 0.15) is 29.1 Å². The summed E-state index contributed by atoms with van der Waals surface area (Å²) >= 11 is 9.07. The lowest BCUT2D eigenvalue weighted by atomic mass is 10.0. The molecule has 0 radical (unpaired) electrons. The van der Waals surface area contributed by atoms with Crippen LogP contribution in [0, 0.1) is 5.82 Å². The minimum atomic E-state index is -0.362. The van der Waals surface area contributed by atoms with Crippen molar-refractivity contribution in [3.05, 3.63) is 101 Å². The first-order valence-electron chi connectivity index (χ1n) is 11.2. The lowest BCUT2D eigenvalue weighted by molar-refractivity contribution is 0.242. The van der Waals surface area contributed by atoms with Gasteiger partial charge in [0.2, 0.25) is 0 Å². The number of anilines is 1. The zero-order valence-electron chi connectivity index (χ0n) is 19.1. The molecule has 2 aromatic heterocycles. The van der Waals surface area contributed by atoms with Gasteiger partial charge in [0.15, 0.2) is 5.11 Å². The van der Waals surface area contributed by atoms with Gasteiger partial charge in [-0.1, -0.05) is 22.0 Å². The molecule has 0 spiro atoms. The number of hydrogen-bond acceptors (Lipinski definition) is 4. The molecule has 2 atom stereocenters. The smallest absolute Gasteiger partial charge is 0.174 e. The molecule has 1 saturated heterocycles. The molecule has 2 aromatic carbocycles. The molecular formula is C27H23BrFN3O2S. The molecule has 178 valence electrons. The third-order valence-corrected chi connectivity index (χ3v) is 6.51. The van der Waals surface area contributed by atoms with Gasteiger partial charge in [0.25, 0.3) is 0 Å². The standard InChI is InChI=1S/C27H23BrFN3O2S/c1-16(2)33-19-9-7-18(8-10-19)32-26(25(31-27(32)35)22-5-3-4-14-30-22)24-13-12-23(34-24)20-11-6-17(28)15-21(20)29/h3-16,25-26H,1-2H3,(H,31,35)/t25-,26-/m1/s1. The van der Waals surface area contributed by atoms with Crippen LogP contribution in [0.4, 0.5) is 10.1 Å². The summed E-state index contributed by atoms with van der Waals surface area (Å²) in [6.45, 7) is 3.98. The Morgan fingerprint density at radius 3 is 2.57 bits per heavy atom. The van der Waals surface area contributed by atoms with E-state index in [0.717, 1.165) is 17.1 Å². The molecule has 0 bridgehead atoms. The monoisotopic (exact) mass is 551 g/mol. The van der Waals surface area contributed by atoms with E-state index in [-0.39, 0.29) is 24.0 Å². The van der Waals surface area contributed by atoms with Crippen molar-refractivity contribution < 1.29 is 13.5 Å². The second-order valence-corrected chi connectivity index (χ2v) is 9.79. The summed E-state index contributed by atoms with van der Waals surface area (Å²) in [7, 11) is 0. The van der Waals surface area contributed by atoms with Crippen molar-refractivity contribution in [1.82, 2.24) is 10.3 Å². The Morgan fingerprint density at radius 1 is 1.09 bits per heavy atom. The van der Waals surface area contributed by atoms with Gasteiger partial charge in [-0.15, -0.1) is 0 Å². The van der Waals surface area contributed by atoms with Gasteiger partial charge in [-0.05, 0) is 92.8 Å². The average Bonchev–Trinajstić information content (AvgIpc) is 3.44. The highest BCUT2D eigenvalue weighted by atomic mass is 79.9. The highest BCUT2D eigenvalue weighted by Crippen LogP contribution is 2.43. The number of thiocarbonyl (C=S) groups is 1. The van der Waals surface area contributed by atoms with E-state index in [1.807, 2.05) is 67.3 Å². The molecule has 5 nitrogen and oxygen atoms in total. The number of nitrogens with zero attached hydrogens (tertiary/aromatic N) is 2. The second kappa shape index (κ2) is 9.79. The van der Waals surface area contributed by atoms with E-state index in [1.165, 1.54) is 6.07 Å². The fourth-order valence-corrected chi connectivity index (χ4v) is 4.90. The Balaban J connectivity index is 1.56. The molecule has 0 aliphatic carbocycles. The van der Waals surface area contributed by atoms with Crippen molar-refractivity contribution in [3.63, 3.8) is 0 Å². The molecule has 35 heavy (non-hydrogen) atoms. The van der Waals surface area contributed by atoms with Crippen LogP contribution in [0.1, 0.15) is 37.4 Å². The maximum absolute atomic E-state index is 14.6. The number of rotatable bonds is 6. The summed E-state index contributed by atoms with van der Waals surface area (Å²) in [4.78, 5) is 6.57. The van der Waals surface area contributed by atoms with Crippen LogP contribution in [0.2, 0.25) is 0 Å². The lowest BCUT2D eigenvalue weighted by Gasteiger charge is -2.26. The molecule has 4 aromatic rings. The number of pyridine rings is 1. The van der Waals surface area contributed by atoms with E-state index in [0.29, 0.717) is 26.7 Å². The normalized spacial score (nSPS) is 17.6. The molecule has 1 aliphatic rings. The van der Waals surface area contributed by atoms with E-state index in [4.69, 9.17) is 21.4 Å². The number of hydrogen-bond donors (Lipinski definition) is 1. The zero-order chi connectivity index (χ0) is 24.5. The second-order valence-electron chi connectivity index (χ2n) is 8.48. The third kappa shape index (κ3) is 4.81. The summed E-state index contributed by atoms with van der Waals surface area (Å²) in [5, 5.41) is 3.96. The number of halogens is 2. The molecule has 8 heteroatoms. The Hall–Kier alpha value is -3.23. The maximum Gasteiger partial charge on any atom is 0.174 e. The largest absolute Gasteiger partial charge is 0.491 e. The van der Waals surface area contributed by atoms with Crippen LogP contribution < -0.4 is 15.0 Å². The molecule has 1 fully saturated rings. The summed E-state index contributed by atoms with van der Waals surface area (Å²) in [6.07, 6.45) is 1.83. The summed E-state index contributed by atoms with van der Waals surface area (Å²) in [6, 6.07) is 21.5. The van der Waals surface area contributed by atoms with E-state index in [9.17, 15) is 4.39 Å². The molecule has 1 aliphatic heterocycles. The molecule has 3 heterocycles. The molecule has 0 amide bonds. The quantitative estimate of drug-likeness (QED) is 0.255.